The van der Waals surface area contributed by atoms with Crippen LogP contribution < -0.4 is 5.73 Å². The first-order chi connectivity index (χ1) is 9.32. The number of nitrogens with zero attached hydrogens (tertiary/aromatic N) is 1. The van der Waals surface area contributed by atoms with E-state index < -0.39 is 0 Å². The lowest BCUT2D eigenvalue weighted by molar-refractivity contribution is 0.0635. The number of nitrogen functional groups attached to an aromatic ring is 1. The number of carbonyl (C=O) groups excluding carboxylic acids is 1. The number of rotatable bonds is 2. The van der Waals surface area contributed by atoms with Crippen molar-refractivity contribution in [2.75, 3.05) is 12.8 Å². The van der Waals surface area contributed by atoms with Crippen LogP contribution >= 0.6 is 11.6 Å². The maximum atomic E-state index is 12.6. The van der Waals surface area contributed by atoms with Crippen LogP contribution in [0.4, 0.5) is 5.69 Å². The summed E-state index contributed by atoms with van der Waals surface area (Å²) in [7, 11) is 1.87. The number of hydrogen-bond acceptors (Lipinski definition) is 2. The number of hydrogen-bond donors (Lipinski definition) is 1. The monoisotopic (exact) mass is 294 g/mol. The van der Waals surface area contributed by atoms with Crippen LogP contribution in [0.3, 0.4) is 0 Å². The first-order valence-corrected chi connectivity index (χ1v) is 7.51. The summed E-state index contributed by atoms with van der Waals surface area (Å²) in [5, 5.41) is 0.362. The summed E-state index contributed by atoms with van der Waals surface area (Å²) in [4.78, 5) is 14.4. The number of anilines is 1. The van der Waals surface area contributed by atoms with Crippen molar-refractivity contribution in [1.29, 1.82) is 0 Å². The molecule has 0 aliphatic heterocycles. The van der Waals surface area contributed by atoms with Crippen LogP contribution in [0.1, 0.15) is 49.9 Å². The normalized spacial score (nSPS) is 18.8. The molecule has 0 bridgehead atoms. The molecule has 110 valence electrons. The first kappa shape index (κ1) is 15.2. The second-order valence-electron chi connectivity index (χ2n) is 6.52. The predicted molar refractivity (Wildman–Crippen MR) is 84.0 cm³/mol. The molecule has 1 amide bonds. The summed E-state index contributed by atoms with van der Waals surface area (Å²) >= 11 is 6.14. The Kier molecular flexibility index (Phi) is 4.28. The molecule has 0 atom stereocenters. The van der Waals surface area contributed by atoms with Crippen molar-refractivity contribution in [3.05, 3.63) is 28.8 Å². The van der Waals surface area contributed by atoms with Crippen molar-refractivity contribution in [2.24, 2.45) is 5.41 Å². The van der Waals surface area contributed by atoms with Crippen molar-refractivity contribution < 1.29 is 4.79 Å². The molecule has 20 heavy (non-hydrogen) atoms. The van der Waals surface area contributed by atoms with E-state index in [1.54, 1.807) is 18.2 Å². The Balaban J connectivity index is 2.11. The maximum Gasteiger partial charge on any atom is 0.255 e. The third kappa shape index (κ3) is 3.09. The molecule has 2 N–H and O–H groups in total. The van der Waals surface area contributed by atoms with E-state index in [1.165, 1.54) is 0 Å². The second-order valence-corrected chi connectivity index (χ2v) is 6.90. The smallest absolute Gasteiger partial charge is 0.255 e. The van der Waals surface area contributed by atoms with Crippen LogP contribution in [0.15, 0.2) is 18.2 Å². The fourth-order valence-electron chi connectivity index (χ4n) is 2.84. The van der Waals surface area contributed by atoms with Gasteiger partial charge in [-0.2, -0.15) is 0 Å². The van der Waals surface area contributed by atoms with Crippen LogP contribution in [-0.2, 0) is 0 Å². The van der Waals surface area contributed by atoms with Crippen LogP contribution in [0.5, 0.6) is 0 Å². The Hall–Kier alpha value is -1.22. The molecule has 1 saturated carbocycles. The standard InChI is InChI=1S/C16H23ClN2O/c1-16(2)9-7-11(8-10-16)19(3)15(20)12-5-4-6-13(18)14(12)17/h4-6,11H,7-10,18H2,1-3H3. The van der Waals surface area contributed by atoms with E-state index in [9.17, 15) is 4.79 Å². The summed E-state index contributed by atoms with van der Waals surface area (Å²) in [6.07, 6.45) is 4.41. The quantitative estimate of drug-likeness (QED) is 0.839. The molecule has 0 unspecified atom stereocenters. The number of halogens is 1. The van der Waals surface area contributed by atoms with Gasteiger partial charge in [0, 0.05) is 13.1 Å². The minimum Gasteiger partial charge on any atom is -0.398 e. The second kappa shape index (κ2) is 5.65. The zero-order valence-electron chi connectivity index (χ0n) is 12.4. The molecule has 1 aliphatic rings. The average molecular weight is 295 g/mol. The largest absolute Gasteiger partial charge is 0.398 e. The van der Waals surface area contributed by atoms with Gasteiger partial charge in [-0.1, -0.05) is 31.5 Å². The van der Waals surface area contributed by atoms with Gasteiger partial charge < -0.3 is 10.6 Å². The topological polar surface area (TPSA) is 46.3 Å². The number of benzene rings is 1. The molecule has 3 nitrogen and oxygen atoms in total. The maximum absolute atomic E-state index is 12.6. The molecule has 0 radical (unpaired) electrons. The van der Waals surface area contributed by atoms with Gasteiger partial charge in [0.15, 0.2) is 0 Å². The summed E-state index contributed by atoms with van der Waals surface area (Å²) < 4.78 is 0. The first-order valence-electron chi connectivity index (χ1n) is 7.13. The zero-order chi connectivity index (χ0) is 14.9. The Bertz CT molecular complexity index is 503. The van der Waals surface area contributed by atoms with E-state index in [4.69, 9.17) is 17.3 Å². The van der Waals surface area contributed by atoms with Gasteiger partial charge in [-0.3, -0.25) is 4.79 Å². The predicted octanol–water partition coefficient (Wildman–Crippen LogP) is 3.96. The molecule has 4 heteroatoms. The fourth-order valence-corrected chi connectivity index (χ4v) is 3.05. The summed E-state index contributed by atoms with van der Waals surface area (Å²) in [5.41, 5.74) is 7.12. The van der Waals surface area contributed by atoms with Crippen LogP contribution in [-0.4, -0.2) is 23.9 Å². The molecule has 0 heterocycles. The fraction of sp³-hybridized carbons (Fsp3) is 0.562. The number of nitrogens with two attached hydrogens (primary N) is 1. The highest BCUT2D eigenvalue weighted by Gasteiger charge is 2.31. The molecule has 0 spiro atoms. The van der Waals surface area contributed by atoms with Gasteiger partial charge in [0.05, 0.1) is 16.3 Å². The van der Waals surface area contributed by atoms with Gasteiger partial charge in [-0.25, -0.2) is 0 Å². The van der Waals surface area contributed by atoms with E-state index in [0.29, 0.717) is 27.7 Å². The van der Waals surface area contributed by atoms with Gasteiger partial charge in [0.1, 0.15) is 0 Å². The van der Waals surface area contributed by atoms with E-state index in [0.717, 1.165) is 25.7 Å². The number of carbonyl (C=O) groups is 1. The molecule has 0 aromatic heterocycles. The highest BCUT2D eigenvalue weighted by molar-refractivity contribution is 6.36. The molecule has 2 rings (SSSR count). The van der Waals surface area contributed by atoms with Crippen molar-refractivity contribution in [3.8, 4) is 0 Å². The lowest BCUT2D eigenvalue weighted by Crippen LogP contribution is -2.41. The van der Waals surface area contributed by atoms with Crippen molar-refractivity contribution in [3.63, 3.8) is 0 Å². The molecular weight excluding hydrogens is 272 g/mol. The van der Waals surface area contributed by atoms with Crippen molar-refractivity contribution in [1.82, 2.24) is 4.90 Å². The van der Waals surface area contributed by atoms with Crippen LogP contribution in [0.25, 0.3) is 0 Å². The molecular formula is C16H23ClN2O. The summed E-state index contributed by atoms with van der Waals surface area (Å²) in [5.74, 6) is -0.0352. The average Bonchev–Trinajstić information content (AvgIpc) is 2.40. The van der Waals surface area contributed by atoms with E-state index >= 15 is 0 Å². The minimum atomic E-state index is -0.0352. The summed E-state index contributed by atoms with van der Waals surface area (Å²) in [6.45, 7) is 4.58. The van der Waals surface area contributed by atoms with Gasteiger partial charge in [-0.15, -0.1) is 0 Å². The van der Waals surface area contributed by atoms with Gasteiger partial charge in [0.25, 0.3) is 5.91 Å². The van der Waals surface area contributed by atoms with E-state index in [1.807, 2.05) is 11.9 Å². The van der Waals surface area contributed by atoms with Gasteiger partial charge in [0.2, 0.25) is 0 Å². The Morgan fingerprint density at radius 2 is 1.95 bits per heavy atom. The highest BCUT2D eigenvalue weighted by atomic mass is 35.5. The minimum absolute atomic E-state index is 0.0352. The Labute approximate surface area is 126 Å². The van der Waals surface area contributed by atoms with Gasteiger partial charge >= 0.3 is 0 Å². The SMILES string of the molecule is CN(C(=O)c1cccc(N)c1Cl)C1CCC(C)(C)CC1. The van der Waals surface area contributed by atoms with E-state index in [-0.39, 0.29) is 5.91 Å². The Morgan fingerprint density at radius 3 is 2.55 bits per heavy atom. The van der Waals surface area contributed by atoms with Crippen molar-refractivity contribution >= 4 is 23.2 Å². The van der Waals surface area contributed by atoms with Crippen molar-refractivity contribution in [2.45, 2.75) is 45.6 Å². The molecule has 1 fully saturated rings. The zero-order valence-corrected chi connectivity index (χ0v) is 13.2. The van der Waals surface area contributed by atoms with Gasteiger partial charge in [-0.05, 0) is 43.2 Å². The molecule has 0 saturated heterocycles. The lowest BCUT2D eigenvalue weighted by Gasteiger charge is -2.38. The molecule has 1 aliphatic carbocycles. The highest BCUT2D eigenvalue weighted by Crippen LogP contribution is 2.37. The summed E-state index contributed by atoms with van der Waals surface area (Å²) in [6, 6.07) is 5.52. The number of amides is 1. The van der Waals surface area contributed by atoms with Crippen LogP contribution in [0, 0.1) is 5.41 Å². The third-order valence-electron chi connectivity index (χ3n) is 4.44. The van der Waals surface area contributed by atoms with Crippen LogP contribution in [0.2, 0.25) is 5.02 Å². The Morgan fingerprint density at radius 1 is 1.35 bits per heavy atom. The van der Waals surface area contributed by atoms with E-state index in [2.05, 4.69) is 13.8 Å². The molecule has 1 aromatic rings. The molecule has 1 aromatic carbocycles. The third-order valence-corrected chi connectivity index (χ3v) is 4.86. The lowest BCUT2D eigenvalue weighted by atomic mass is 9.75.